The molecule has 1 aromatic carbocycles. The maximum atomic E-state index is 12.3. The van der Waals surface area contributed by atoms with Crippen LogP contribution in [0.5, 0.6) is 0 Å². The van der Waals surface area contributed by atoms with Crippen LogP contribution in [0.25, 0.3) is 0 Å². The topological polar surface area (TPSA) is 17.1 Å². The molecule has 17 heavy (non-hydrogen) atoms. The minimum Gasteiger partial charge on any atom is -0.300 e. The van der Waals surface area contributed by atoms with Crippen LogP contribution in [0, 0.1) is 0 Å². The molecule has 0 aromatic heterocycles. The summed E-state index contributed by atoms with van der Waals surface area (Å²) in [4.78, 5) is 11.2. The molecule has 0 atom stereocenters. The van der Waals surface area contributed by atoms with E-state index in [1.165, 1.54) is 13.0 Å². The van der Waals surface area contributed by atoms with Gasteiger partial charge < -0.3 is 0 Å². The minimum atomic E-state index is -4.31. The number of carbonyl (C=O) groups excluding carboxylic acids is 1. The van der Waals surface area contributed by atoms with Crippen LogP contribution in [0.4, 0.5) is 13.2 Å². The number of halogens is 4. The van der Waals surface area contributed by atoms with Gasteiger partial charge in [-0.25, -0.2) is 0 Å². The van der Waals surface area contributed by atoms with Crippen molar-refractivity contribution in [2.75, 3.05) is 0 Å². The summed E-state index contributed by atoms with van der Waals surface area (Å²) in [6.45, 7) is 1.42. The summed E-state index contributed by atoms with van der Waals surface area (Å²) in [6, 6.07) is 4.63. The van der Waals surface area contributed by atoms with Gasteiger partial charge in [-0.2, -0.15) is 13.2 Å². The van der Waals surface area contributed by atoms with Crippen molar-refractivity contribution in [2.45, 2.75) is 29.1 Å². The first-order valence-corrected chi connectivity index (χ1v) is 6.69. The van der Waals surface area contributed by atoms with Crippen LogP contribution in [0.2, 0.25) is 0 Å². The second-order valence-corrected chi connectivity index (χ2v) is 5.12. The van der Waals surface area contributed by atoms with Crippen molar-refractivity contribution in [2.24, 2.45) is 0 Å². The summed E-state index contributed by atoms with van der Waals surface area (Å²) < 4.78 is 37.0. The fourth-order valence-corrected chi connectivity index (χ4v) is 2.99. The lowest BCUT2D eigenvalue weighted by molar-refractivity contribution is -0.116. The van der Waals surface area contributed by atoms with Crippen LogP contribution in [0.3, 0.4) is 0 Å². The summed E-state index contributed by atoms with van der Waals surface area (Å²) in [5, 5.41) is 0.300. The highest BCUT2D eigenvalue weighted by molar-refractivity contribution is 9.08. The molecule has 6 heteroatoms. The molecule has 0 amide bonds. The van der Waals surface area contributed by atoms with Gasteiger partial charge in [-0.3, -0.25) is 4.79 Å². The van der Waals surface area contributed by atoms with Crippen LogP contribution < -0.4 is 0 Å². The Morgan fingerprint density at radius 1 is 1.41 bits per heavy atom. The van der Waals surface area contributed by atoms with Gasteiger partial charge in [0.1, 0.15) is 5.78 Å². The summed E-state index contributed by atoms with van der Waals surface area (Å²) >= 11 is 3.02. The number of ketones is 1. The lowest BCUT2D eigenvalue weighted by Crippen LogP contribution is -2.04. The van der Waals surface area contributed by atoms with Crippen molar-refractivity contribution >= 4 is 33.5 Å². The first kappa shape index (κ1) is 14.6. The molecule has 0 saturated heterocycles. The zero-order valence-corrected chi connectivity index (χ0v) is 11.4. The van der Waals surface area contributed by atoms with Gasteiger partial charge in [-0.1, -0.05) is 28.1 Å². The standard InChI is InChI=1S/C11H10BrF3OS/c1-7(16)5-8-3-2-4-10(9(8)6-12)17-11(13,14)15/h2-4H,5-6H2,1H3. The molecule has 0 bridgehead atoms. The van der Waals surface area contributed by atoms with Crippen LogP contribution in [-0.4, -0.2) is 11.3 Å². The Morgan fingerprint density at radius 3 is 2.53 bits per heavy atom. The highest BCUT2D eigenvalue weighted by Crippen LogP contribution is 2.40. The summed E-state index contributed by atoms with van der Waals surface area (Å²) in [5.74, 6) is -0.0682. The summed E-state index contributed by atoms with van der Waals surface area (Å²) in [7, 11) is 0. The van der Waals surface area contributed by atoms with Crippen molar-refractivity contribution in [1.82, 2.24) is 0 Å². The van der Waals surface area contributed by atoms with Gasteiger partial charge >= 0.3 is 5.51 Å². The third-order valence-corrected chi connectivity index (χ3v) is 3.42. The minimum absolute atomic E-state index is 0.0682. The lowest BCUT2D eigenvalue weighted by Gasteiger charge is -2.13. The number of hydrogen-bond acceptors (Lipinski definition) is 2. The highest BCUT2D eigenvalue weighted by atomic mass is 79.9. The molecule has 0 aliphatic heterocycles. The Hall–Kier alpha value is -0.490. The van der Waals surface area contributed by atoms with Crippen LogP contribution in [-0.2, 0) is 16.5 Å². The van der Waals surface area contributed by atoms with Gasteiger partial charge in [0.2, 0.25) is 0 Å². The van der Waals surface area contributed by atoms with E-state index >= 15 is 0 Å². The first-order chi connectivity index (χ1) is 7.83. The van der Waals surface area contributed by atoms with Crippen molar-refractivity contribution in [3.8, 4) is 0 Å². The SMILES string of the molecule is CC(=O)Cc1cccc(SC(F)(F)F)c1CBr. The van der Waals surface area contributed by atoms with E-state index in [2.05, 4.69) is 15.9 Å². The molecule has 1 nitrogen and oxygen atoms in total. The zero-order valence-electron chi connectivity index (χ0n) is 8.97. The average Bonchev–Trinajstić information content (AvgIpc) is 2.14. The van der Waals surface area contributed by atoms with Crippen LogP contribution in [0.1, 0.15) is 18.1 Å². The van der Waals surface area contributed by atoms with E-state index in [-0.39, 0.29) is 28.9 Å². The van der Waals surface area contributed by atoms with Gasteiger partial charge in [0.15, 0.2) is 0 Å². The van der Waals surface area contributed by atoms with Crippen molar-refractivity contribution < 1.29 is 18.0 Å². The maximum absolute atomic E-state index is 12.3. The number of hydrogen-bond donors (Lipinski definition) is 0. The Bertz CT molecular complexity index is 418. The molecule has 0 spiro atoms. The first-order valence-electron chi connectivity index (χ1n) is 4.75. The zero-order chi connectivity index (χ0) is 13.1. The van der Waals surface area contributed by atoms with Gasteiger partial charge in [-0.05, 0) is 35.9 Å². The fourth-order valence-electron chi connectivity index (χ4n) is 1.42. The second kappa shape index (κ2) is 5.91. The van der Waals surface area contributed by atoms with Crippen molar-refractivity contribution in [3.63, 3.8) is 0 Å². The average molecular weight is 327 g/mol. The van der Waals surface area contributed by atoms with Gasteiger partial charge in [0.05, 0.1) is 0 Å². The summed E-state index contributed by atoms with van der Waals surface area (Å²) in [5.41, 5.74) is -3.14. The normalized spacial score (nSPS) is 11.6. The lowest BCUT2D eigenvalue weighted by atomic mass is 10.0. The Morgan fingerprint density at radius 2 is 2.06 bits per heavy atom. The Kier molecular flexibility index (Phi) is 5.06. The van der Waals surface area contributed by atoms with E-state index in [4.69, 9.17) is 0 Å². The largest absolute Gasteiger partial charge is 0.446 e. The molecule has 0 saturated carbocycles. The molecular weight excluding hydrogens is 317 g/mol. The molecule has 0 unspecified atom stereocenters. The molecule has 0 N–H and O–H groups in total. The predicted octanol–water partition coefficient (Wildman–Crippen LogP) is 4.32. The van der Waals surface area contributed by atoms with E-state index in [1.54, 1.807) is 12.1 Å². The van der Waals surface area contributed by atoms with Crippen LogP contribution in [0.15, 0.2) is 23.1 Å². The van der Waals surface area contributed by atoms with E-state index in [0.29, 0.717) is 16.5 Å². The number of rotatable bonds is 4. The molecule has 0 heterocycles. The Labute approximate surface area is 110 Å². The number of thioether (sulfide) groups is 1. The second-order valence-electron chi connectivity index (χ2n) is 3.45. The monoisotopic (exact) mass is 326 g/mol. The molecule has 0 aliphatic carbocycles. The van der Waals surface area contributed by atoms with Gasteiger partial charge in [0.25, 0.3) is 0 Å². The fraction of sp³-hybridized carbons (Fsp3) is 0.364. The van der Waals surface area contributed by atoms with Crippen LogP contribution >= 0.6 is 27.7 Å². The number of carbonyl (C=O) groups is 1. The third-order valence-electron chi connectivity index (χ3n) is 2.03. The quantitative estimate of drug-likeness (QED) is 0.605. The number of benzene rings is 1. The molecule has 0 aliphatic rings. The van der Waals surface area contributed by atoms with Crippen molar-refractivity contribution in [3.05, 3.63) is 29.3 Å². The van der Waals surface area contributed by atoms with E-state index in [1.807, 2.05) is 0 Å². The molecule has 0 radical (unpaired) electrons. The van der Waals surface area contributed by atoms with E-state index in [9.17, 15) is 18.0 Å². The van der Waals surface area contributed by atoms with E-state index < -0.39 is 5.51 Å². The Balaban J connectivity index is 3.09. The molecule has 94 valence electrons. The number of Topliss-reactive ketones (excluding diaryl/α,β-unsaturated/α-hetero) is 1. The smallest absolute Gasteiger partial charge is 0.300 e. The summed E-state index contributed by atoms with van der Waals surface area (Å²) in [6.07, 6.45) is 0.160. The molecular formula is C11H10BrF3OS. The predicted molar refractivity (Wildman–Crippen MR) is 65.4 cm³/mol. The molecule has 0 fully saturated rings. The maximum Gasteiger partial charge on any atom is 0.446 e. The van der Waals surface area contributed by atoms with Gasteiger partial charge in [-0.15, -0.1) is 0 Å². The third kappa shape index (κ3) is 4.71. The molecule has 1 aromatic rings. The highest BCUT2D eigenvalue weighted by Gasteiger charge is 2.30. The van der Waals surface area contributed by atoms with Crippen molar-refractivity contribution in [1.29, 1.82) is 0 Å². The van der Waals surface area contributed by atoms with E-state index in [0.717, 1.165) is 0 Å². The number of alkyl halides is 4. The molecule has 1 rings (SSSR count). The van der Waals surface area contributed by atoms with Gasteiger partial charge in [0, 0.05) is 16.6 Å².